The zero-order chi connectivity index (χ0) is 36.2. The highest BCUT2D eigenvalue weighted by Crippen LogP contribution is 2.58. The fraction of sp³-hybridized carbons (Fsp3) is 0.583. The summed E-state index contributed by atoms with van der Waals surface area (Å²) in [4.78, 5) is 30.4. The van der Waals surface area contributed by atoms with Crippen LogP contribution in [0.25, 0.3) is 0 Å². The number of carbonyl (C=O) groups is 2. The number of amides is 2. The van der Waals surface area contributed by atoms with Gasteiger partial charge in [-0.3, -0.25) is 14.6 Å². The van der Waals surface area contributed by atoms with Gasteiger partial charge in [-0.15, -0.1) is 0 Å². The molecule has 6 rings (SSSR count). The molecule has 2 aromatic rings. The van der Waals surface area contributed by atoms with E-state index in [4.69, 9.17) is 28.4 Å². The van der Waals surface area contributed by atoms with Crippen molar-refractivity contribution in [2.24, 2.45) is 0 Å². The van der Waals surface area contributed by atoms with Crippen molar-refractivity contribution >= 4 is 12.0 Å². The SMILES string of the molecule is COCOc1c(OC)c(C)cc2c1[C@@H]1C3Cc4c(O)c(C)c5c(c4[C@H](CNC(=O)C(C)NC(=O)OC(C)(C)C)N3[C@@H](C#N)[C@@H](C2)N1C)OCO5. The second-order valence-corrected chi connectivity index (χ2v) is 14.4. The number of alkyl carbamates (subject to hydrolysis) is 1. The molecule has 0 radical (unpaired) electrons. The van der Waals surface area contributed by atoms with Crippen LogP contribution < -0.4 is 29.6 Å². The molecule has 2 amide bonds. The van der Waals surface area contributed by atoms with Crippen molar-refractivity contribution < 1.29 is 43.1 Å². The van der Waals surface area contributed by atoms with Gasteiger partial charge in [0.1, 0.15) is 23.4 Å². The van der Waals surface area contributed by atoms with Crippen molar-refractivity contribution in [3.63, 3.8) is 0 Å². The Balaban J connectivity index is 1.46. The first-order valence-electron chi connectivity index (χ1n) is 16.8. The fourth-order valence-electron chi connectivity index (χ4n) is 8.18. The van der Waals surface area contributed by atoms with Crippen LogP contribution in [-0.2, 0) is 27.1 Å². The average molecular weight is 694 g/mol. The molecule has 14 nitrogen and oxygen atoms in total. The summed E-state index contributed by atoms with van der Waals surface area (Å²) in [6.07, 6.45) is 0.232. The minimum atomic E-state index is -0.915. The molecule has 2 aromatic carbocycles. The van der Waals surface area contributed by atoms with Crippen molar-refractivity contribution in [3.05, 3.63) is 39.4 Å². The highest BCUT2D eigenvalue weighted by Gasteiger charge is 2.57. The number of benzene rings is 2. The minimum absolute atomic E-state index is 0.0117. The summed E-state index contributed by atoms with van der Waals surface area (Å²) < 4.78 is 34.7. The lowest BCUT2D eigenvalue weighted by Gasteiger charge is -2.60. The van der Waals surface area contributed by atoms with E-state index in [2.05, 4.69) is 32.6 Å². The molecule has 2 unspecified atom stereocenters. The Labute approximate surface area is 292 Å². The molecule has 4 aliphatic heterocycles. The quantitative estimate of drug-likeness (QED) is 0.345. The van der Waals surface area contributed by atoms with Gasteiger partial charge in [0, 0.05) is 48.0 Å². The maximum Gasteiger partial charge on any atom is 0.408 e. The molecular weight excluding hydrogens is 646 g/mol. The van der Waals surface area contributed by atoms with Crippen LogP contribution in [0.3, 0.4) is 0 Å². The van der Waals surface area contributed by atoms with Gasteiger partial charge in [0.05, 0.1) is 25.3 Å². The van der Waals surface area contributed by atoms with Crippen LogP contribution in [0.1, 0.15) is 73.2 Å². The van der Waals surface area contributed by atoms with Gasteiger partial charge in [0.2, 0.25) is 12.7 Å². The van der Waals surface area contributed by atoms with Gasteiger partial charge < -0.3 is 44.2 Å². The third-order valence-electron chi connectivity index (χ3n) is 10.2. The van der Waals surface area contributed by atoms with Crippen molar-refractivity contribution in [3.8, 4) is 34.8 Å². The Morgan fingerprint density at radius 2 is 1.84 bits per heavy atom. The predicted molar refractivity (Wildman–Crippen MR) is 181 cm³/mol. The number of nitriles is 1. The highest BCUT2D eigenvalue weighted by molar-refractivity contribution is 5.85. The Bertz CT molecular complexity index is 1730. The average Bonchev–Trinajstić information content (AvgIpc) is 3.54. The molecule has 4 aliphatic rings. The zero-order valence-corrected chi connectivity index (χ0v) is 30.1. The van der Waals surface area contributed by atoms with E-state index in [0.29, 0.717) is 52.5 Å². The third kappa shape index (κ3) is 5.91. The molecule has 3 N–H and O–H groups in total. The monoisotopic (exact) mass is 693 g/mol. The molecule has 14 heteroatoms. The summed E-state index contributed by atoms with van der Waals surface area (Å²) in [5, 5.41) is 28.2. The number of ether oxygens (including phenoxy) is 6. The molecule has 6 atom stereocenters. The normalized spacial score (nSPS) is 24.2. The van der Waals surface area contributed by atoms with Crippen molar-refractivity contribution in [1.29, 1.82) is 5.26 Å². The zero-order valence-electron chi connectivity index (χ0n) is 30.1. The minimum Gasteiger partial charge on any atom is -0.507 e. The first-order valence-corrected chi connectivity index (χ1v) is 16.8. The molecule has 1 saturated heterocycles. The number of nitrogens with one attached hydrogen (secondary N) is 2. The fourth-order valence-corrected chi connectivity index (χ4v) is 8.18. The molecule has 1 fully saturated rings. The standard InChI is InChI=1S/C36H47N5O9/c1-17-10-20-11-22-24(13-37)41-23(28(40(22)7)26(20)32(30(17)46-9)47-15-45-8)12-21-27(33-31(48-16-49-33)18(2)29(21)42)25(41)14-38-34(43)19(3)39-35(44)50-36(4,5)6/h10,19,22-25,28,42H,11-12,14-16H2,1-9H3,(H,38,43)(H,39,44)/t19?,22-,23?,24+,25+,28+/m1/s1. The van der Waals surface area contributed by atoms with Crippen LogP contribution in [0.2, 0.25) is 0 Å². The third-order valence-corrected chi connectivity index (χ3v) is 10.2. The molecular formula is C36H47N5O9. The molecule has 0 aliphatic carbocycles. The Morgan fingerprint density at radius 3 is 2.50 bits per heavy atom. The van der Waals surface area contributed by atoms with Gasteiger partial charge in [-0.2, -0.15) is 5.26 Å². The van der Waals surface area contributed by atoms with E-state index in [9.17, 15) is 20.0 Å². The smallest absolute Gasteiger partial charge is 0.408 e. The molecule has 0 aromatic heterocycles. The number of hydrogen-bond acceptors (Lipinski definition) is 12. The summed E-state index contributed by atoms with van der Waals surface area (Å²) in [6.45, 7) is 10.6. The number of methoxy groups -OCH3 is 2. The lowest BCUT2D eigenvalue weighted by Crippen LogP contribution is -2.69. The lowest BCUT2D eigenvalue weighted by molar-refractivity contribution is -0.123. The number of phenolic OH excluding ortho intramolecular Hbond substituents is 1. The summed E-state index contributed by atoms with van der Waals surface area (Å²) in [5.41, 5.74) is 4.08. The van der Waals surface area contributed by atoms with Crippen molar-refractivity contribution in [2.45, 2.75) is 96.2 Å². The van der Waals surface area contributed by atoms with Crippen molar-refractivity contribution in [1.82, 2.24) is 20.4 Å². The Morgan fingerprint density at radius 1 is 1.12 bits per heavy atom. The van der Waals surface area contributed by atoms with Crippen molar-refractivity contribution in [2.75, 3.05) is 41.4 Å². The molecule has 0 spiro atoms. The molecule has 4 heterocycles. The first-order chi connectivity index (χ1) is 23.7. The van der Waals surface area contributed by atoms with Gasteiger partial charge in [0.15, 0.2) is 29.8 Å². The number of likely N-dealkylation sites (N-methyl/N-ethyl adjacent to an activating group) is 1. The van der Waals surface area contributed by atoms with E-state index < -0.39 is 35.7 Å². The van der Waals surface area contributed by atoms with E-state index in [1.165, 1.54) is 0 Å². The van der Waals surface area contributed by atoms with E-state index in [1.807, 2.05) is 14.0 Å². The summed E-state index contributed by atoms with van der Waals surface area (Å²) in [7, 11) is 5.20. The lowest BCUT2D eigenvalue weighted by atomic mass is 9.71. The largest absolute Gasteiger partial charge is 0.507 e. The molecule has 2 bridgehead atoms. The molecule has 0 saturated carbocycles. The molecule has 270 valence electrons. The number of hydrogen-bond donors (Lipinski definition) is 3. The van der Waals surface area contributed by atoms with E-state index in [1.54, 1.807) is 48.8 Å². The van der Waals surface area contributed by atoms with Crippen LogP contribution in [0, 0.1) is 25.2 Å². The topological polar surface area (TPSA) is 164 Å². The van der Waals surface area contributed by atoms with E-state index >= 15 is 0 Å². The number of fused-ring (bicyclic) bond motifs is 9. The van der Waals surface area contributed by atoms with Gasteiger partial charge >= 0.3 is 6.09 Å². The second-order valence-electron chi connectivity index (χ2n) is 14.4. The second kappa shape index (κ2) is 13.4. The van der Waals surface area contributed by atoms with Gasteiger partial charge in [0.25, 0.3) is 0 Å². The summed E-state index contributed by atoms with van der Waals surface area (Å²) >= 11 is 0. The summed E-state index contributed by atoms with van der Waals surface area (Å²) in [5.74, 6) is 1.78. The van der Waals surface area contributed by atoms with Gasteiger partial charge in [-0.25, -0.2) is 4.79 Å². The van der Waals surface area contributed by atoms with E-state index in [-0.39, 0.29) is 44.0 Å². The van der Waals surface area contributed by atoms with Gasteiger partial charge in [-0.1, -0.05) is 6.07 Å². The maximum absolute atomic E-state index is 13.5. The number of piperazine rings is 1. The number of nitrogens with zero attached hydrogens (tertiary/aromatic N) is 3. The van der Waals surface area contributed by atoms with Crippen LogP contribution in [0.4, 0.5) is 4.79 Å². The van der Waals surface area contributed by atoms with Crippen LogP contribution >= 0.6 is 0 Å². The summed E-state index contributed by atoms with van der Waals surface area (Å²) in [6, 6.07) is 1.73. The number of aryl methyl sites for hydroxylation is 1. The Hall–Kier alpha value is -4.45. The number of rotatable bonds is 8. The highest BCUT2D eigenvalue weighted by atomic mass is 16.7. The predicted octanol–water partition coefficient (Wildman–Crippen LogP) is 3.53. The maximum atomic E-state index is 13.5. The first kappa shape index (κ1) is 35.4. The number of carbonyl (C=O) groups excluding carboxylic acids is 2. The molecule has 50 heavy (non-hydrogen) atoms. The Kier molecular flexibility index (Phi) is 9.45. The number of aromatic hydroxyl groups is 1. The van der Waals surface area contributed by atoms with Crippen LogP contribution in [0.15, 0.2) is 6.07 Å². The number of phenols is 1. The van der Waals surface area contributed by atoms with Crippen LogP contribution in [-0.4, -0.2) is 98.1 Å². The van der Waals surface area contributed by atoms with E-state index in [0.717, 1.165) is 16.7 Å². The van der Waals surface area contributed by atoms with Crippen LogP contribution in [0.5, 0.6) is 28.7 Å². The van der Waals surface area contributed by atoms with Gasteiger partial charge in [-0.05, 0) is 72.6 Å².